The number of anilines is 1. The minimum absolute atomic E-state index is 0.0670. The highest BCUT2D eigenvalue weighted by Gasteiger charge is 2.49. The highest BCUT2D eigenvalue weighted by Crippen LogP contribution is 2.49. The molecule has 1 aliphatic rings. The summed E-state index contributed by atoms with van der Waals surface area (Å²) in [6.07, 6.45) is 5.51. The zero-order chi connectivity index (χ0) is 18.1. The molecule has 3 heterocycles. The van der Waals surface area contributed by atoms with Crippen molar-refractivity contribution in [3.05, 3.63) is 72.2 Å². The Morgan fingerprint density at radius 1 is 1.15 bits per heavy atom. The third kappa shape index (κ3) is 2.82. The van der Waals surface area contributed by atoms with Gasteiger partial charge in [0.1, 0.15) is 17.7 Å². The molecular weight excluding hydrogens is 324 g/mol. The van der Waals surface area contributed by atoms with Gasteiger partial charge in [-0.25, -0.2) is 15.0 Å². The number of rotatable bonds is 4. The first-order valence-corrected chi connectivity index (χ1v) is 8.63. The number of nitrogens with zero attached hydrogens (tertiary/aromatic N) is 6. The molecule has 0 aliphatic carbocycles. The number of hydrogen-bond acceptors (Lipinski definition) is 5. The molecule has 0 N–H and O–H groups in total. The van der Waals surface area contributed by atoms with Gasteiger partial charge in [-0.15, -0.1) is 0 Å². The maximum absolute atomic E-state index is 9.09. The Hall–Kier alpha value is -3.20. The van der Waals surface area contributed by atoms with Gasteiger partial charge in [-0.05, 0) is 11.6 Å². The largest absolute Gasteiger partial charge is 0.345 e. The Bertz CT molecular complexity index is 954. The number of nitriles is 1. The van der Waals surface area contributed by atoms with Gasteiger partial charge in [-0.1, -0.05) is 44.2 Å². The summed E-state index contributed by atoms with van der Waals surface area (Å²) in [6.45, 7) is 6.12. The lowest BCUT2D eigenvalue weighted by molar-refractivity contribution is 0.167. The van der Waals surface area contributed by atoms with Crippen LogP contribution in [-0.2, 0) is 6.54 Å². The van der Waals surface area contributed by atoms with Crippen LogP contribution < -0.4 is 4.90 Å². The summed E-state index contributed by atoms with van der Waals surface area (Å²) < 4.78 is 2.19. The molecule has 0 bridgehead atoms. The first-order valence-electron chi connectivity index (χ1n) is 8.63. The molecule has 0 radical (unpaired) electrons. The van der Waals surface area contributed by atoms with E-state index in [1.165, 1.54) is 5.56 Å². The van der Waals surface area contributed by atoms with Crippen LogP contribution >= 0.6 is 0 Å². The molecule has 6 heteroatoms. The van der Waals surface area contributed by atoms with Gasteiger partial charge < -0.3 is 9.47 Å². The Balaban J connectivity index is 1.67. The van der Waals surface area contributed by atoms with Gasteiger partial charge in [0.15, 0.2) is 0 Å². The maximum Gasteiger partial charge on any atom is 0.234 e. The van der Waals surface area contributed by atoms with Crippen molar-refractivity contribution in [1.29, 1.82) is 5.26 Å². The van der Waals surface area contributed by atoms with Crippen LogP contribution in [0.15, 0.2) is 55.0 Å². The number of imidazole rings is 1. The molecule has 4 rings (SSSR count). The Labute approximate surface area is 152 Å². The highest BCUT2D eigenvalue weighted by atomic mass is 15.3. The lowest BCUT2D eigenvalue weighted by Crippen LogP contribution is -2.57. The highest BCUT2D eigenvalue weighted by molar-refractivity contribution is 5.47. The van der Waals surface area contributed by atoms with Gasteiger partial charge >= 0.3 is 0 Å². The Morgan fingerprint density at radius 2 is 1.96 bits per heavy atom. The van der Waals surface area contributed by atoms with Crippen molar-refractivity contribution in [1.82, 2.24) is 19.5 Å². The predicted octanol–water partition coefficient (Wildman–Crippen LogP) is 3.18. The fourth-order valence-electron chi connectivity index (χ4n) is 3.67. The van der Waals surface area contributed by atoms with Crippen molar-refractivity contribution in [2.24, 2.45) is 5.41 Å². The van der Waals surface area contributed by atoms with E-state index in [1.54, 1.807) is 6.20 Å². The van der Waals surface area contributed by atoms with Crippen molar-refractivity contribution in [2.45, 2.75) is 26.4 Å². The summed E-state index contributed by atoms with van der Waals surface area (Å²) in [6, 6.07) is 14.3. The summed E-state index contributed by atoms with van der Waals surface area (Å²) in [4.78, 5) is 15.2. The first-order chi connectivity index (χ1) is 12.6. The molecule has 2 aromatic heterocycles. The van der Waals surface area contributed by atoms with E-state index in [-0.39, 0.29) is 17.3 Å². The molecule has 0 spiro atoms. The molecule has 1 fully saturated rings. The molecule has 1 aromatic carbocycles. The van der Waals surface area contributed by atoms with Crippen LogP contribution in [0.25, 0.3) is 0 Å². The molecule has 1 atom stereocenters. The van der Waals surface area contributed by atoms with E-state index in [0.717, 1.165) is 24.7 Å². The summed E-state index contributed by atoms with van der Waals surface area (Å²) >= 11 is 0. The standard InChI is InChI=1S/C20H20N6/c1-20(2)14-26(17-8-9-22-16(12-21)24-17)18(20)19-23-10-11-25(19)13-15-6-4-3-5-7-15/h3-11,18H,13-14H2,1-2H3. The molecule has 1 unspecified atom stereocenters. The topological polar surface area (TPSA) is 70.6 Å². The van der Waals surface area contributed by atoms with Crippen LogP contribution in [0.5, 0.6) is 0 Å². The van der Waals surface area contributed by atoms with Crippen molar-refractivity contribution >= 4 is 5.82 Å². The van der Waals surface area contributed by atoms with Gasteiger partial charge in [0.2, 0.25) is 5.82 Å². The average molecular weight is 344 g/mol. The lowest BCUT2D eigenvalue weighted by Gasteiger charge is -2.54. The number of benzene rings is 1. The average Bonchev–Trinajstić information content (AvgIpc) is 3.08. The third-order valence-corrected chi connectivity index (χ3v) is 4.85. The van der Waals surface area contributed by atoms with Crippen LogP contribution in [0.2, 0.25) is 0 Å². The van der Waals surface area contributed by atoms with Crippen molar-refractivity contribution in [3.63, 3.8) is 0 Å². The molecule has 1 saturated heterocycles. The van der Waals surface area contributed by atoms with Crippen LogP contribution in [0.4, 0.5) is 5.82 Å². The quantitative estimate of drug-likeness (QED) is 0.727. The number of aromatic nitrogens is 4. The second-order valence-electron chi connectivity index (χ2n) is 7.27. The molecule has 26 heavy (non-hydrogen) atoms. The van der Waals surface area contributed by atoms with Gasteiger partial charge in [0, 0.05) is 37.1 Å². The van der Waals surface area contributed by atoms with E-state index in [2.05, 4.69) is 62.5 Å². The van der Waals surface area contributed by atoms with E-state index < -0.39 is 0 Å². The number of hydrogen-bond donors (Lipinski definition) is 0. The molecule has 3 aromatic rings. The minimum Gasteiger partial charge on any atom is -0.345 e. The van der Waals surface area contributed by atoms with E-state index in [9.17, 15) is 0 Å². The monoisotopic (exact) mass is 344 g/mol. The van der Waals surface area contributed by atoms with E-state index >= 15 is 0 Å². The fraction of sp³-hybridized carbons (Fsp3) is 0.300. The molecule has 0 saturated carbocycles. The second-order valence-corrected chi connectivity index (χ2v) is 7.27. The fourth-order valence-corrected chi connectivity index (χ4v) is 3.67. The first kappa shape index (κ1) is 16.3. The normalized spacial score (nSPS) is 18.2. The zero-order valence-electron chi connectivity index (χ0n) is 14.9. The van der Waals surface area contributed by atoms with Gasteiger partial charge in [-0.3, -0.25) is 0 Å². The second kappa shape index (κ2) is 6.26. The third-order valence-electron chi connectivity index (χ3n) is 4.85. The van der Waals surface area contributed by atoms with Gasteiger partial charge in [0.25, 0.3) is 0 Å². The van der Waals surface area contributed by atoms with Crippen molar-refractivity contribution in [3.8, 4) is 6.07 Å². The molecule has 0 amide bonds. The van der Waals surface area contributed by atoms with Crippen LogP contribution in [0, 0.1) is 16.7 Å². The predicted molar refractivity (Wildman–Crippen MR) is 98.4 cm³/mol. The summed E-state index contributed by atoms with van der Waals surface area (Å²) in [5, 5.41) is 9.09. The Morgan fingerprint density at radius 3 is 2.69 bits per heavy atom. The van der Waals surface area contributed by atoms with E-state index in [4.69, 9.17) is 5.26 Å². The molecule has 1 aliphatic heterocycles. The Kier molecular flexibility index (Phi) is 3.92. The van der Waals surface area contributed by atoms with Gasteiger partial charge in [-0.2, -0.15) is 5.26 Å². The molecular formula is C20H20N6. The summed E-state index contributed by atoms with van der Waals surface area (Å²) in [5.74, 6) is 1.98. The van der Waals surface area contributed by atoms with Crippen LogP contribution in [0.1, 0.15) is 37.1 Å². The van der Waals surface area contributed by atoms with Gasteiger partial charge in [0.05, 0.1) is 6.04 Å². The maximum atomic E-state index is 9.09. The van der Waals surface area contributed by atoms with Crippen LogP contribution in [-0.4, -0.2) is 26.1 Å². The molecule has 130 valence electrons. The SMILES string of the molecule is CC1(C)CN(c2ccnc(C#N)n2)C1c1nccn1Cc1ccccc1. The zero-order valence-corrected chi connectivity index (χ0v) is 14.9. The van der Waals surface area contributed by atoms with E-state index in [0.29, 0.717) is 0 Å². The lowest BCUT2D eigenvalue weighted by atomic mass is 9.74. The molecule has 6 nitrogen and oxygen atoms in total. The van der Waals surface area contributed by atoms with E-state index in [1.807, 2.05) is 30.6 Å². The minimum atomic E-state index is 0.0670. The summed E-state index contributed by atoms with van der Waals surface area (Å²) in [7, 11) is 0. The van der Waals surface area contributed by atoms with Crippen molar-refractivity contribution in [2.75, 3.05) is 11.4 Å². The summed E-state index contributed by atoms with van der Waals surface area (Å²) in [5.41, 5.74) is 1.31. The van der Waals surface area contributed by atoms with Crippen molar-refractivity contribution < 1.29 is 0 Å². The smallest absolute Gasteiger partial charge is 0.234 e. The van der Waals surface area contributed by atoms with Crippen LogP contribution in [0.3, 0.4) is 0 Å².